The van der Waals surface area contributed by atoms with Gasteiger partial charge < -0.3 is 0 Å². The van der Waals surface area contributed by atoms with Crippen molar-refractivity contribution in [3.63, 3.8) is 0 Å². The summed E-state index contributed by atoms with van der Waals surface area (Å²) in [5.74, 6) is 0.419. The number of fused-ring (bicyclic) bond motifs is 1. The SMILES string of the molecule is O=c1cccnn1CCN1CCCCC1CN=C1NS(=O)(=O)c2ccccc21. The quantitative estimate of drug-likeness (QED) is 0.801. The summed E-state index contributed by atoms with van der Waals surface area (Å²) >= 11 is 0. The first-order chi connectivity index (χ1) is 13.5. The van der Waals surface area contributed by atoms with Gasteiger partial charge in [0.1, 0.15) is 5.84 Å². The third-order valence-corrected chi connectivity index (χ3v) is 6.65. The van der Waals surface area contributed by atoms with Gasteiger partial charge in [-0.05, 0) is 37.6 Å². The fourth-order valence-electron chi connectivity index (χ4n) is 3.79. The smallest absolute Gasteiger partial charge is 0.266 e. The summed E-state index contributed by atoms with van der Waals surface area (Å²) in [7, 11) is -3.51. The Labute approximate surface area is 164 Å². The zero-order valence-electron chi connectivity index (χ0n) is 15.5. The highest BCUT2D eigenvalue weighted by Crippen LogP contribution is 2.23. The summed E-state index contributed by atoms with van der Waals surface area (Å²) in [6.07, 6.45) is 4.85. The van der Waals surface area contributed by atoms with E-state index in [0.717, 1.165) is 32.4 Å². The largest absolute Gasteiger partial charge is 0.297 e. The van der Waals surface area contributed by atoms with Crippen molar-refractivity contribution in [2.75, 3.05) is 19.6 Å². The Morgan fingerprint density at radius 1 is 1.14 bits per heavy atom. The van der Waals surface area contributed by atoms with Crippen molar-refractivity contribution in [2.45, 2.75) is 36.7 Å². The second kappa shape index (κ2) is 7.84. The van der Waals surface area contributed by atoms with Crippen LogP contribution in [-0.4, -0.2) is 54.6 Å². The fraction of sp³-hybridized carbons (Fsp3) is 0.421. The van der Waals surface area contributed by atoms with Crippen LogP contribution in [0.5, 0.6) is 0 Å². The minimum Gasteiger partial charge on any atom is -0.297 e. The van der Waals surface area contributed by atoms with Gasteiger partial charge >= 0.3 is 0 Å². The summed E-state index contributed by atoms with van der Waals surface area (Å²) in [4.78, 5) is 19.1. The summed E-state index contributed by atoms with van der Waals surface area (Å²) in [5.41, 5.74) is 0.526. The lowest BCUT2D eigenvalue weighted by Crippen LogP contribution is -2.44. The van der Waals surface area contributed by atoms with Crippen molar-refractivity contribution < 1.29 is 8.42 Å². The van der Waals surface area contributed by atoms with Crippen LogP contribution in [0.2, 0.25) is 0 Å². The highest BCUT2D eigenvalue weighted by molar-refractivity contribution is 7.90. The Hall–Kier alpha value is -2.52. The maximum Gasteiger partial charge on any atom is 0.266 e. The molecule has 1 saturated heterocycles. The standard InChI is InChI=1S/C19H23N5O3S/c25-18-9-5-10-21-24(18)13-12-23-11-4-3-6-15(23)14-20-19-16-7-1-2-8-17(16)28(26,27)22-19/h1-2,5,7-10,15H,3-4,6,11-14H2,(H,20,22). The molecule has 0 aliphatic carbocycles. The summed E-state index contributed by atoms with van der Waals surface area (Å²) in [6.45, 7) is 2.71. The Balaban J connectivity index is 1.47. The monoisotopic (exact) mass is 401 g/mol. The Bertz CT molecular complexity index is 1050. The van der Waals surface area contributed by atoms with Crippen LogP contribution in [0.15, 0.2) is 57.3 Å². The number of hydrogen-bond acceptors (Lipinski definition) is 6. The van der Waals surface area contributed by atoms with Gasteiger partial charge in [0.15, 0.2) is 0 Å². The predicted molar refractivity (Wildman–Crippen MR) is 106 cm³/mol. The molecular formula is C19H23N5O3S. The number of hydrogen-bond donors (Lipinski definition) is 1. The fourth-order valence-corrected chi connectivity index (χ4v) is 5.04. The molecule has 0 spiro atoms. The van der Waals surface area contributed by atoms with E-state index in [1.165, 1.54) is 10.7 Å². The number of sulfonamides is 1. The molecule has 1 N–H and O–H groups in total. The molecule has 0 amide bonds. The third kappa shape index (κ3) is 3.85. The van der Waals surface area contributed by atoms with Crippen molar-refractivity contribution in [3.8, 4) is 0 Å². The zero-order valence-corrected chi connectivity index (χ0v) is 16.3. The molecule has 2 aromatic rings. The summed E-state index contributed by atoms with van der Waals surface area (Å²) in [5, 5.41) is 4.11. The predicted octanol–water partition coefficient (Wildman–Crippen LogP) is 0.837. The average molecular weight is 401 g/mol. The molecule has 1 aromatic heterocycles. The molecule has 0 radical (unpaired) electrons. The first-order valence-corrected chi connectivity index (χ1v) is 11.0. The van der Waals surface area contributed by atoms with E-state index in [0.29, 0.717) is 24.5 Å². The van der Waals surface area contributed by atoms with Crippen LogP contribution in [0.3, 0.4) is 0 Å². The molecule has 9 heteroatoms. The second-order valence-electron chi connectivity index (χ2n) is 7.06. The first kappa shape index (κ1) is 18.8. The summed E-state index contributed by atoms with van der Waals surface area (Å²) < 4.78 is 28.5. The van der Waals surface area contributed by atoms with Crippen molar-refractivity contribution in [2.24, 2.45) is 4.99 Å². The van der Waals surface area contributed by atoms with Gasteiger partial charge in [0.05, 0.1) is 18.0 Å². The highest BCUT2D eigenvalue weighted by atomic mass is 32.2. The molecule has 8 nitrogen and oxygen atoms in total. The zero-order chi connectivity index (χ0) is 19.6. The molecule has 2 aliphatic rings. The number of amidine groups is 1. The van der Waals surface area contributed by atoms with Crippen LogP contribution in [0.4, 0.5) is 0 Å². The molecule has 28 heavy (non-hydrogen) atoms. The molecule has 2 aliphatic heterocycles. The van der Waals surface area contributed by atoms with Crippen molar-refractivity contribution in [3.05, 3.63) is 58.5 Å². The van der Waals surface area contributed by atoms with Gasteiger partial charge in [0.25, 0.3) is 15.6 Å². The van der Waals surface area contributed by atoms with Gasteiger partial charge in [-0.1, -0.05) is 18.6 Å². The number of nitrogens with zero attached hydrogens (tertiary/aromatic N) is 4. The number of nitrogens with one attached hydrogen (secondary N) is 1. The minimum absolute atomic E-state index is 0.103. The van der Waals surface area contributed by atoms with E-state index in [1.807, 2.05) is 6.07 Å². The molecule has 1 unspecified atom stereocenters. The molecular weight excluding hydrogens is 378 g/mol. The van der Waals surface area contributed by atoms with Crippen molar-refractivity contribution in [1.82, 2.24) is 19.4 Å². The maximum absolute atomic E-state index is 12.2. The van der Waals surface area contributed by atoms with Crippen LogP contribution < -0.4 is 10.3 Å². The molecule has 0 saturated carbocycles. The Kier molecular flexibility index (Phi) is 5.27. The molecule has 1 fully saturated rings. The number of benzene rings is 1. The van der Waals surface area contributed by atoms with Gasteiger partial charge in [-0.3, -0.25) is 19.4 Å². The Morgan fingerprint density at radius 2 is 2.00 bits per heavy atom. The van der Waals surface area contributed by atoms with E-state index in [1.54, 1.807) is 30.5 Å². The van der Waals surface area contributed by atoms with E-state index in [2.05, 4.69) is 19.7 Å². The van der Waals surface area contributed by atoms with Gasteiger partial charge in [0, 0.05) is 30.4 Å². The van der Waals surface area contributed by atoms with Gasteiger partial charge in [0.2, 0.25) is 0 Å². The van der Waals surface area contributed by atoms with Crippen molar-refractivity contribution in [1.29, 1.82) is 0 Å². The normalized spacial score (nSPS) is 22.7. The highest BCUT2D eigenvalue weighted by Gasteiger charge is 2.30. The third-order valence-electron chi connectivity index (χ3n) is 5.26. The van der Waals surface area contributed by atoms with Gasteiger partial charge in [-0.15, -0.1) is 0 Å². The Morgan fingerprint density at radius 3 is 2.86 bits per heavy atom. The molecule has 1 atom stereocenters. The average Bonchev–Trinajstić information content (AvgIpc) is 2.97. The van der Waals surface area contributed by atoms with E-state index in [4.69, 9.17) is 0 Å². The van der Waals surface area contributed by atoms with Crippen LogP contribution in [0.25, 0.3) is 0 Å². The topological polar surface area (TPSA) is 96.7 Å². The van der Waals surface area contributed by atoms with Gasteiger partial charge in [-0.2, -0.15) is 5.10 Å². The lowest BCUT2D eigenvalue weighted by Gasteiger charge is -2.34. The van der Waals surface area contributed by atoms with E-state index in [9.17, 15) is 13.2 Å². The van der Waals surface area contributed by atoms with Crippen LogP contribution in [-0.2, 0) is 16.6 Å². The lowest BCUT2D eigenvalue weighted by molar-refractivity contribution is 0.145. The number of rotatable bonds is 5. The van der Waals surface area contributed by atoms with E-state index < -0.39 is 10.0 Å². The number of aromatic nitrogens is 2. The molecule has 4 rings (SSSR count). The first-order valence-electron chi connectivity index (χ1n) is 9.47. The number of aliphatic imine (C=N–C) groups is 1. The van der Waals surface area contributed by atoms with E-state index in [-0.39, 0.29) is 16.5 Å². The van der Waals surface area contributed by atoms with Crippen LogP contribution in [0, 0.1) is 0 Å². The second-order valence-corrected chi connectivity index (χ2v) is 8.71. The number of likely N-dealkylation sites (tertiary alicyclic amines) is 1. The molecule has 0 bridgehead atoms. The van der Waals surface area contributed by atoms with Crippen LogP contribution >= 0.6 is 0 Å². The molecule has 3 heterocycles. The lowest BCUT2D eigenvalue weighted by atomic mass is 10.0. The minimum atomic E-state index is -3.51. The number of piperidine rings is 1. The molecule has 148 valence electrons. The molecule has 1 aromatic carbocycles. The van der Waals surface area contributed by atoms with Gasteiger partial charge in [-0.25, -0.2) is 13.1 Å². The maximum atomic E-state index is 12.2. The van der Waals surface area contributed by atoms with Crippen LogP contribution in [0.1, 0.15) is 24.8 Å². The summed E-state index contributed by atoms with van der Waals surface area (Å²) in [6, 6.07) is 10.3. The van der Waals surface area contributed by atoms with Crippen molar-refractivity contribution >= 4 is 15.9 Å². The van der Waals surface area contributed by atoms with E-state index >= 15 is 0 Å².